The summed E-state index contributed by atoms with van der Waals surface area (Å²) in [5, 5.41) is 4.52. The van der Waals surface area contributed by atoms with E-state index in [4.69, 9.17) is 0 Å². The first-order valence-corrected chi connectivity index (χ1v) is 11.3. The van der Waals surface area contributed by atoms with E-state index in [0.29, 0.717) is 0 Å². The van der Waals surface area contributed by atoms with Gasteiger partial charge in [-0.3, -0.25) is 14.7 Å². The first kappa shape index (κ1) is 24.8. The number of guanidine groups is 1. The Kier molecular flexibility index (Phi) is 8.75. The zero-order valence-corrected chi connectivity index (χ0v) is 21.3. The Morgan fingerprint density at radius 1 is 1.16 bits per heavy atom. The van der Waals surface area contributed by atoms with Gasteiger partial charge in [0, 0.05) is 70.0 Å². The zero-order chi connectivity index (χ0) is 21.8. The molecule has 7 nitrogen and oxygen atoms in total. The lowest BCUT2D eigenvalue weighted by molar-refractivity contribution is -0.135. The number of aromatic amines is 1. The van der Waals surface area contributed by atoms with Crippen LogP contribution in [0.25, 0.3) is 10.9 Å². The Labute approximate surface area is 206 Å². The average Bonchev–Trinajstić information content (AvgIpc) is 3.46. The van der Waals surface area contributed by atoms with Crippen LogP contribution >= 0.6 is 24.0 Å². The van der Waals surface area contributed by atoms with Crippen molar-refractivity contribution >= 4 is 46.7 Å². The predicted octanol–water partition coefficient (Wildman–Crippen LogP) is 2.67. The summed E-state index contributed by atoms with van der Waals surface area (Å²) in [7, 11) is 1.81. The Hall–Kier alpha value is -1.88. The number of aliphatic imine (C=N–C) groups is 1. The summed E-state index contributed by atoms with van der Waals surface area (Å²) in [5.41, 5.74) is 1.99. The van der Waals surface area contributed by atoms with E-state index >= 15 is 0 Å². The molecule has 2 fully saturated rings. The van der Waals surface area contributed by atoms with Crippen LogP contribution in [0.2, 0.25) is 0 Å². The minimum Gasteiger partial charge on any atom is -0.361 e. The van der Waals surface area contributed by atoms with Gasteiger partial charge in [-0.15, -0.1) is 24.0 Å². The van der Waals surface area contributed by atoms with Gasteiger partial charge in [0.1, 0.15) is 5.82 Å². The van der Waals surface area contributed by atoms with Crippen LogP contribution in [0.5, 0.6) is 0 Å². The highest BCUT2D eigenvalue weighted by Gasteiger charge is 2.30. The molecule has 1 unspecified atom stereocenters. The number of rotatable bonds is 5. The topological polar surface area (TPSA) is 67.0 Å². The molecular formula is C23H34FIN6O. The van der Waals surface area contributed by atoms with Crippen molar-refractivity contribution in [2.45, 2.75) is 32.2 Å². The molecule has 1 amide bonds. The summed E-state index contributed by atoms with van der Waals surface area (Å²) in [4.78, 5) is 26.8. The van der Waals surface area contributed by atoms with Crippen LogP contribution in [0.4, 0.5) is 4.39 Å². The predicted molar refractivity (Wildman–Crippen MR) is 137 cm³/mol. The second-order valence-electron chi connectivity index (χ2n) is 8.46. The monoisotopic (exact) mass is 556 g/mol. The summed E-state index contributed by atoms with van der Waals surface area (Å²) in [6.07, 6.45) is 5.03. The lowest BCUT2D eigenvalue weighted by Crippen LogP contribution is -2.57. The Balaban J connectivity index is 0.00000289. The van der Waals surface area contributed by atoms with Crippen molar-refractivity contribution in [2.24, 2.45) is 4.99 Å². The van der Waals surface area contributed by atoms with Gasteiger partial charge in [0.2, 0.25) is 5.91 Å². The third-order valence-electron chi connectivity index (χ3n) is 6.56. The van der Waals surface area contributed by atoms with E-state index < -0.39 is 0 Å². The normalized spacial score (nSPS) is 18.7. The summed E-state index contributed by atoms with van der Waals surface area (Å²) in [5.74, 6) is 0.936. The second kappa shape index (κ2) is 11.3. The number of amides is 1. The van der Waals surface area contributed by atoms with Crippen LogP contribution in [-0.4, -0.2) is 90.5 Å². The lowest BCUT2D eigenvalue weighted by atomic mass is 10.1. The summed E-state index contributed by atoms with van der Waals surface area (Å²) in [6, 6.07) is 4.80. The van der Waals surface area contributed by atoms with Crippen molar-refractivity contribution in [1.29, 1.82) is 0 Å². The second-order valence-corrected chi connectivity index (χ2v) is 8.46. The molecule has 1 aromatic carbocycles. The number of halogens is 2. The SMILES string of the molecule is CN=C(NCCc1c[nH]c2cc(F)ccc12)N1CCN(C(C)C(=O)N2CCCC2)CC1.I. The van der Waals surface area contributed by atoms with Gasteiger partial charge in [-0.05, 0) is 49.9 Å². The summed E-state index contributed by atoms with van der Waals surface area (Å²) >= 11 is 0. The fraction of sp³-hybridized carbons (Fsp3) is 0.565. The van der Waals surface area contributed by atoms with Crippen molar-refractivity contribution in [2.75, 3.05) is 52.9 Å². The molecule has 176 valence electrons. The first-order chi connectivity index (χ1) is 15.1. The molecule has 9 heteroatoms. The van der Waals surface area contributed by atoms with Gasteiger partial charge in [-0.1, -0.05) is 0 Å². The van der Waals surface area contributed by atoms with Crippen LogP contribution in [0.3, 0.4) is 0 Å². The minimum atomic E-state index is -0.227. The number of fused-ring (bicyclic) bond motifs is 1. The van der Waals surface area contributed by atoms with Gasteiger partial charge in [0.15, 0.2) is 5.96 Å². The van der Waals surface area contributed by atoms with Crippen LogP contribution in [0, 0.1) is 5.82 Å². The van der Waals surface area contributed by atoms with E-state index in [1.165, 1.54) is 12.1 Å². The van der Waals surface area contributed by atoms with Crippen LogP contribution in [-0.2, 0) is 11.2 Å². The number of hydrogen-bond donors (Lipinski definition) is 2. The number of nitrogens with one attached hydrogen (secondary N) is 2. The molecule has 2 aliphatic heterocycles. The fourth-order valence-electron chi connectivity index (χ4n) is 4.69. The van der Waals surface area contributed by atoms with Gasteiger partial charge < -0.3 is 20.1 Å². The number of aromatic nitrogens is 1. The molecule has 2 saturated heterocycles. The number of carbonyl (C=O) groups excluding carboxylic acids is 1. The highest BCUT2D eigenvalue weighted by Crippen LogP contribution is 2.19. The maximum atomic E-state index is 13.4. The summed E-state index contributed by atoms with van der Waals surface area (Å²) < 4.78 is 13.4. The maximum absolute atomic E-state index is 13.4. The van der Waals surface area contributed by atoms with E-state index in [-0.39, 0.29) is 41.7 Å². The van der Waals surface area contributed by atoms with E-state index in [9.17, 15) is 9.18 Å². The van der Waals surface area contributed by atoms with Gasteiger partial charge in [-0.25, -0.2) is 4.39 Å². The number of hydrogen-bond acceptors (Lipinski definition) is 3. The molecule has 0 radical (unpaired) electrons. The quantitative estimate of drug-likeness (QED) is 0.338. The fourth-order valence-corrected chi connectivity index (χ4v) is 4.69. The summed E-state index contributed by atoms with van der Waals surface area (Å²) in [6.45, 7) is 8.02. The average molecular weight is 556 g/mol. The molecule has 1 atom stereocenters. The first-order valence-electron chi connectivity index (χ1n) is 11.3. The molecule has 2 N–H and O–H groups in total. The van der Waals surface area contributed by atoms with Gasteiger partial charge in [0.25, 0.3) is 0 Å². The van der Waals surface area contributed by atoms with Crippen LogP contribution in [0.1, 0.15) is 25.3 Å². The number of piperazine rings is 1. The standard InChI is InChI=1S/C23H33FN6O.HI/c1-17(22(31)29-9-3-4-10-29)28-11-13-30(14-12-28)23(25-2)26-8-7-18-16-27-21-15-19(24)5-6-20(18)21;/h5-6,15-17,27H,3-4,7-14H2,1-2H3,(H,25,26);1H. The molecule has 2 aliphatic rings. The molecule has 32 heavy (non-hydrogen) atoms. The molecule has 1 aromatic heterocycles. The zero-order valence-electron chi connectivity index (χ0n) is 18.9. The van der Waals surface area contributed by atoms with E-state index in [1.807, 2.05) is 31.1 Å². The maximum Gasteiger partial charge on any atom is 0.239 e. The number of H-pyrrole nitrogens is 1. The van der Waals surface area contributed by atoms with E-state index in [2.05, 4.69) is 25.1 Å². The molecule has 2 aromatic rings. The van der Waals surface area contributed by atoms with Gasteiger partial charge >= 0.3 is 0 Å². The van der Waals surface area contributed by atoms with Crippen LogP contribution in [0.15, 0.2) is 29.4 Å². The molecule has 3 heterocycles. The Bertz CT molecular complexity index is 934. The third-order valence-corrected chi connectivity index (χ3v) is 6.56. The van der Waals surface area contributed by atoms with E-state index in [0.717, 1.165) is 87.5 Å². The Morgan fingerprint density at radius 3 is 2.56 bits per heavy atom. The van der Waals surface area contributed by atoms with Gasteiger partial charge in [0.05, 0.1) is 6.04 Å². The van der Waals surface area contributed by atoms with E-state index in [1.54, 1.807) is 0 Å². The van der Waals surface area contributed by atoms with Crippen molar-refractivity contribution in [3.05, 3.63) is 35.8 Å². The highest BCUT2D eigenvalue weighted by atomic mass is 127. The number of likely N-dealkylation sites (tertiary alicyclic amines) is 1. The van der Waals surface area contributed by atoms with Crippen molar-refractivity contribution in [3.8, 4) is 0 Å². The molecule has 0 aliphatic carbocycles. The minimum absolute atomic E-state index is 0. The molecule has 0 saturated carbocycles. The van der Waals surface area contributed by atoms with Gasteiger partial charge in [-0.2, -0.15) is 0 Å². The number of nitrogens with zero attached hydrogens (tertiary/aromatic N) is 4. The smallest absolute Gasteiger partial charge is 0.239 e. The molecule has 0 bridgehead atoms. The van der Waals surface area contributed by atoms with Crippen molar-refractivity contribution in [1.82, 2.24) is 25.0 Å². The van der Waals surface area contributed by atoms with Crippen molar-refractivity contribution < 1.29 is 9.18 Å². The lowest BCUT2D eigenvalue weighted by Gasteiger charge is -2.39. The highest BCUT2D eigenvalue weighted by molar-refractivity contribution is 14.0. The molecular weight excluding hydrogens is 522 g/mol. The Morgan fingerprint density at radius 2 is 1.88 bits per heavy atom. The molecule has 4 rings (SSSR count). The number of benzene rings is 1. The third kappa shape index (κ3) is 5.54. The number of carbonyl (C=O) groups is 1. The van der Waals surface area contributed by atoms with Crippen molar-refractivity contribution in [3.63, 3.8) is 0 Å². The van der Waals surface area contributed by atoms with Crippen LogP contribution < -0.4 is 5.32 Å². The largest absolute Gasteiger partial charge is 0.361 e. The molecule has 0 spiro atoms.